The van der Waals surface area contributed by atoms with Crippen LogP contribution >= 0.6 is 12.2 Å². The van der Waals surface area contributed by atoms with Gasteiger partial charge >= 0.3 is 0 Å². The summed E-state index contributed by atoms with van der Waals surface area (Å²) in [6.45, 7) is 14.6. The predicted molar refractivity (Wildman–Crippen MR) is 158 cm³/mol. The van der Waals surface area contributed by atoms with Gasteiger partial charge in [0.2, 0.25) is 0 Å². The number of hydrogen-bond acceptors (Lipinski definition) is 2. The average Bonchev–Trinajstić information content (AvgIpc) is 3.27. The Kier molecular flexibility index (Phi) is 8.46. The van der Waals surface area contributed by atoms with Crippen LogP contribution in [0.25, 0.3) is 0 Å². The Hall–Kier alpha value is -1.91. The molecule has 0 amide bonds. The SMILES string of the molecule is CC(C)(C)c1ccc(C(c2ccc(C(C)(C)C)cc2)[C@H]2C[C@@H](NC(=S)NC3CCCCC3)CN2)cc1. The highest BCUT2D eigenvalue weighted by Crippen LogP contribution is 2.35. The van der Waals surface area contributed by atoms with Crippen LogP contribution in [0.15, 0.2) is 48.5 Å². The summed E-state index contributed by atoms with van der Waals surface area (Å²) in [6.07, 6.45) is 7.53. The molecule has 0 bridgehead atoms. The lowest BCUT2D eigenvalue weighted by atomic mass is 9.80. The molecule has 2 fully saturated rings. The molecule has 2 aromatic rings. The maximum Gasteiger partial charge on any atom is 0.166 e. The van der Waals surface area contributed by atoms with Gasteiger partial charge in [0.05, 0.1) is 0 Å². The van der Waals surface area contributed by atoms with Gasteiger partial charge in [0.15, 0.2) is 5.11 Å². The summed E-state index contributed by atoms with van der Waals surface area (Å²) < 4.78 is 0. The lowest BCUT2D eigenvalue weighted by molar-refractivity contribution is 0.410. The molecule has 0 radical (unpaired) electrons. The molecule has 4 rings (SSSR count). The number of rotatable bonds is 5. The van der Waals surface area contributed by atoms with Crippen molar-refractivity contribution >= 4 is 17.3 Å². The van der Waals surface area contributed by atoms with E-state index >= 15 is 0 Å². The van der Waals surface area contributed by atoms with Crippen molar-refractivity contribution in [3.8, 4) is 0 Å². The second-order valence-corrected chi connectivity index (χ2v) is 13.5. The highest BCUT2D eigenvalue weighted by atomic mass is 32.1. The number of nitrogens with one attached hydrogen (secondary N) is 3. The Morgan fingerprint density at radius 1 is 0.750 bits per heavy atom. The highest BCUT2D eigenvalue weighted by Gasteiger charge is 2.33. The van der Waals surface area contributed by atoms with Crippen LogP contribution < -0.4 is 16.0 Å². The predicted octanol–water partition coefficient (Wildman–Crippen LogP) is 6.94. The van der Waals surface area contributed by atoms with Crippen molar-refractivity contribution in [2.24, 2.45) is 0 Å². The van der Waals surface area contributed by atoms with Crippen LogP contribution in [-0.4, -0.2) is 29.8 Å². The maximum atomic E-state index is 5.71. The van der Waals surface area contributed by atoms with Gasteiger partial charge in [-0.25, -0.2) is 0 Å². The van der Waals surface area contributed by atoms with E-state index in [0.29, 0.717) is 24.0 Å². The van der Waals surface area contributed by atoms with Gasteiger partial charge < -0.3 is 16.0 Å². The molecule has 0 aromatic heterocycles. The third-order valence-electron chi connectivity index (χ3n) is 8.11. The molecule has 2 atom stereocenters. The van der Waals surface area contributed by atoms with E-state index in [2.05, 4.69) is 106 Å². The van der Waals surface area contributed by atoms with Crippen LogP contribution in [0, 0.1) is 0 Å². The summed E-state index contributed by atoms with van der Waals surface area (Å²) in [6, 6.07) is 19.9. The molecule has 1 heterocycles. The zero-order chi connectivity index (χ0) is 25.9. The normalized spacial score (nSPS) is 21.5. The monoisotopic (exact) mass is 505 g/mol. The van der Waals surface area contributed by atoms with E-state index in [1.165, 1.54) is 54.4 Å². The second-order valence-electron chi connectivity index (χ2n) is 13.1. The summed E-state index contributed by atoms with van der Waals surface area (Å²) in [7, 11) is 0. The van der Waals surface area contributed by atoms with E-state index in [1.54, 1.807) is 0 Å². The van der Waals surface area contributed by atoms with Crippen LogP contribution in [-0.2, 0) is 10.8 Å². The van der Waals surface area contributed by atoms with Gasteiger partial charge in [0.1, 0.15) is 0 Å². The zero-order valence-electron chi connectivity index (χ0n) is 23.3. The standard InChI is InChI=1S/C32H47N3S/c1-31(2,3)24-16-12-22(13-17-24)29(23-14-18-25(19-15-23)32(4,5)6)28-20-27(21-33-28)35-30(36)34-26-10-8-7-9-11-26/h12-19,26-29,33H,7-11,20-21H2,1-6H3,(H2,34,35,36)/t27-,28-/m1/s1. The fourth-order valence-electron chi connectivity index (χ4n) is 5.83. The van der Waals surface area contributed by atoms with E-state index < -0.39 is 0 Å². The van der Waals surface area contributed by atoms with Gasteiger partial charge in [-0.05, 0) is 64.6 Å². The highest BCUT2D eigenvalue weighted by molar-refractivity contribution is 7.80. The second kappa shape index (κ2) is 11.2. The minimum absolute atomic E-state index is 0.157. The molecule has 3 N–H and O–H groups in total. The van der Waals surface area contributed by atoms with E-state index in [-0.39, 0.29) is 10.8 Å². The Labute approximate surface area is 225 Å². The summed E-state index contributed by atoms with van der Waals surface area (Å²) in [5, 5.41) is 11.9. The lowest BCUT2D eigenvalue weighted by Crippen LogP contribution is -2.47. The fourth-order valence-corrected chi connectivity index (χ4v) is 6.16. The Morgan fingerprint density at radius 2 is 1.22 bits per heavy atom. The van der Waals surface area contributed by atoms with Gasteiger partial charge in [-0.15, -0.1) is 0 Å². The minimum atomic E-state index is 0.157. The van der Waals surface area contributed by atoms with Gasteiger partial charge in [0.25, 0.3) is 0 Å². The lowest BCUT2D eigenvalue weighted by Gasteiger charge is -2.28. The Bertz CT molecular complexity index is 934. The molecule has 36 heavy (non-hydrogen) atoms. The van der Waals surface area contributed by atoms with Crippen molar-refractivity contribution < 1.29 is 0 Å². The Balaban J connectivity index is 1.51. The zero-order valence-corrected chi connectivity index (χ0v) is 24.1. The van der Waals surface area contributed by atoms with E-state index in [4.69, 9.17) is 12.2 Å². The number of benzene rings is 2. The van der Waals surface area contributed by atoms with Gasteiger partial charge in [-0.3, -0.25) is 0 Å². The van der Waals surface area contributed by atoms with Crippen LogP contribution in [0.1, 0.15) is 108 Å². The van der Waals surface area contributed by atoms with Gasteiger partial charge in [-0.2, -0.15) is 0 Å². The van der Waals surface area contributed by atoms with E-state index in [0.717, 1.165) is 18.1 Å². The molecule has 1 saturated heterocycles. The maximum absolute atomic E-state index is 5.71. The van der Waals surface area contributed by atoms with Crippen molar-refractivity contribution in [2.75, 3.05) is 6.54 Å². The number of hydrogen-bond donors (Lipinski definition) is 3. The molecule has 0 unspecified atom stereocenters. The molecule has 1 aliphatic heterocycles. The molecule has 1 aliphatic carbocycles. The molecule has 0 spiro atoms. The summed E-state index contributed by atoms with van der Waals surface area (Å²) in [5.41, 5.74) is 5.84. The first kappa shape index (κ1) is 27.1. The fraction of sp³-hybridized carbons (Fsp3) is 0.594. The molecule has 3 nitrogen and oxygen atoms in total. The largest absolute Gasteiger partial charge is 0.360 e. The van der Waals surface area contributed by atoms with Crippen LogP contribution in [0.3, 0.4) is 0 Å². The summed E-state index contributed by atoms with van der Waals surface area (Å²) >= 11 is 5.71. The average molecular weight is 506 g/mol. The molecular formula is C32H47N3S. The van der Waals surface area contributed by atoms with E-state index in [1.807, 2.05) is 0 Å². The minimum Gasteiger partial charge on any atom is -0.360 e. The number of thiocarbonyl (C=S) groups is 1. The van der Waals surface area contributed by atoms with Gasteiger partial charge in [-0.1, -0.05) is 109 Å². The molecular weight excluding hydrogens is 458 g/mol. The molecule has 4 heteroatoms. The van der Waals surface area contributed by atoms with Crippen LogP contribution in [0.2, 0.25) is 0 Å². The smallest absolute Gasteiger partial charge is 0.166 e. The molecule has 196 valence electrons. The van der Waals surface area contributed by atoms with Gasteiger partial charge in [0, 0.05) is 30.6 Å². The summed E-state index contributed by atoms with van der Waals surface area (Å²) in [5.74, 6) is 0.305. The van der Waals surface area contributed by atoms with Crippen molar-refractivity contribution in [1.29, 1.82) is 0 Å². The Morgan fingerprint density at radius 3 is 1.69 bits per heavy atom. The first-order valence-corrected chi connectivity index (χ1v) is 14.4. The van der Waals surface area contributed by atoms with Crippen molar-refractivity contribution in [3.63, 3.8) is 0 Å². The van der Waals surface area contributed by atoms with E-state index in [9.17, 15) is 0 Å². The third kappa shape index (κ3) is 6.89. The van der Waals surface area contributed by atoms with Crippen LogP contribution in [0.5, 0.6) is 0 Å². The van der Waals surface area contributed by atoms with Crippen molar-refractivity contribution in [1.82, 2.24) is 16.0 Å². The van der Waals surface area contributed by atoms with Crippen molar-refractivity contribution in [2.45, 2.75) is 115 Å². The summed E-state index contributed by atoms with van der Waals surface area (Å²) in [4.78, 5) is 0. The molecule has 1 saturated carbocycles. The first-order chi connectivity index (χ1) is 17.0. The quantitative estimate of drug-likeness (QED) is 0.385. The molecule has 2 aromatic carbocycles. The topological polar surface area (TPSA) is 36.1 Å². The molecule has 2 aliphatic rings. The van der Waals surface area contributed by atoms with Crippen molar-refractivity contribution in [3.05, 3.63) is 70.8 Å². The first-order valence-electron chi connectivity index (χ1n) is 14.0. The van der Waals surface area contributed by atoms with Crippen LogP contribution in [0.4, 0.5) is 0 Å². The third-order valence-corrected chi connectivity index (χ3v) is 8.35.